The fourth-order valence-corrected chi connectivity index (χ4v) is 3.05. The van der Waals surface area contributed by atoms with E-state index in [2.05, 4.69) is 6.58 Å². The standard InChI is InChI=1S/C21H19NO3/c1-3-13-22-18(15-11-9-14(2)10-12-15)17(20(24)21(22)25)19(23)16-7-5-4-6-8-16/h3-12,18,23H,1,13H2,2H3/b19-17-. The molecule has 126 valence electrons. The van der Waals surface area contributed by atoms with E-state index in [9.17, 15) is 14.7 Å². The predicted molar refractivity (Wildman–Crippen MR) is 96.8 cm³/mol. The average Bonchev–Trinajstić information content (AvgIpc) is 2.88. The minimum absolute atomic E-state index is 0.113. The normalized spacial score (nSPS) is 19.2. The zero-order chi connectivity index (χ0) is 18.0. The number of hydrogen-bond acceptors (Lipinski definition) is 3. The maximum absolute atomic E-state index is 12.6. The molecule has 1 N–H and O–H groups in total. The molecule has 0 spiro atoms. The zero-order valence-corrected chi connectivity index (χ0v) is 14.0. The van der Waals surface area contributed by atoms with E-state index in [-0.39, 0.29) is 17.9 Å². The van der Waals surface area contributed by atoms with E-state index in [1.807, 2.05) is 37.3 Å². The van der Waals surface area contributed by atoms with Gasteiger partial charge in [-0.3, -0.25) is 9.59 Å². The van der Waals surface area contributed by atoms with Crippen molar-refractivity contribution in [2.75, 3.05) is 6.54 Å². The van der Waals surface area contributed by atoms with Gasteiger partial charge in [-0.05, 0) is 12.5 Å². The molecular weight excluding hydrogens is 314 g/mol. The molecule has 1 aliphatic rings. The largest absolute Gasteiger partial charge is 0.507 e. The monoisotopic (exact) mass is 333 g/mol. The van der Waals surface area contributed by atoms with Gasteiger partial charge < -0.3 is 10.0 Å². The van der Waals surface area contributed by atoms with E-state index in [0.29, 0.717) is 5.56 Å². The summed E-state index contributed by atoms with van der Waals surface area (Å²) in [7, 11) is 0. The van der Waals surface area contributed by atoms with Crippen molar-refractivity contribution in [2.24, 2.45) is 0 Å². The van der Waals surface area contributed by atoms with Gasteiger partial charge in [-0.25, -0.2) is 0 Å². The number of carbonyl (C=O) groups excluding carboxylic acids is 2. The van der Waals surface area contributed by atoms with Crippen molar-refractivity contribution in [3.63, 3.8) is 0 Å². The van der Waals surface area contributed by atoms with Gasteiger partial charge in [-0.15, -0.1) is 6.58 Å². The number of nitrogens with zero attached hydrogens (tertiary/aromatic N) is 1. The molecule has 0 saturated carbocycles. The molecule has 1 amide bonds. The van der Waals surface area contributed by atoms with E-state index in [4.69, 9.17) is 0 Å². The highest BCUT2D eigenvalue weighted by Gasteiger charge is 2.45. The van der Waals surface area contributed by atoms with Crippen molar-refractivity contribution in [2.45, 2.75) is 13.0 Å². The molecule has 2 aromatic carbocycles. The maximum atomic E-state index is 12.6. The van der Waals surface area contributed by atoms with Crippen molar-refractivity contribution >= 4 is 17.4 Å². The van der Waals surface area contributed by atoms with Crippen LogP contribution in [0.25, 0.3) is 5.76 Å². The quantitative estimate of drug-likeness (QED) is 0.402. The van der Waals surface area contributed by atoms with E-state index >= 15 is 0 Å². The number of carbonyl (C=O) groups is 2. The molecule has 3 rings (SSSR count). The lowest BCUT2D eigenvalue weighted by Crippen LogP contribution is -2.29. The summed E-state index contributed by atoms with van der Waals surface area (Å²) in [6.07, 6.45) is 1.58. The first kappa shape index (κ1) is 16.7. The minimum atomic E-state index is -0.672. The van der Waals surface area contributed by atoms with Crippen LogP contribution in [-0.2, 0) is 9.59 Å². The Morgan fingerprint density at radius 1 is 1.12 bits per heavy atom. The summed E-state index contributed by atoms with van der Waals surface area (Å²) in [5.41, 5.74) is 2.48. The predicted octanol–water partition coefficient (Wildman–Crippen LogP) is 3.60. The molecule has 4 nitrogen and oxygen atoms in total. The Kier molecular flexibility index (Phi) is 4.52. The second kappa shape index (κ2) is 6.77. The number of ketones is 1. The van der Waals surface area contributed by atoms with Crippen molar-refractivity contribution < 1.29 is 14.7 Å². The third kappa shape index (κ3) is 2.98. The number of aryl methyl sites for hydroxylation is 1. The Labute approximate surface area is 146 Å². The highest BCUT2D eigenvalue weighted by atomic mass is 16.3. The SMILES string of the molecule is C=CCN1C(=O)C(=O)/C(=C(\O)c2ccccc2)C1c1ccc(C)cc1. The van der Waals surface area contributed by atoms with Gasteiger partial charge in [0, 0.05) is 12.1 Å². The summed E-state index contributed by atoms with van der Waals surface area (Å²) in [6.45, 7) is 5.87. The van der Waals surface area contributed by atoms with Gasteiger partial charge in [-0.1, -0.05) is 66.2 Å². The second-order valence-corrected chi connectivity index (χ2v) is 6.02. The number of likely N-dealkylation sites (tertiary alicyclic amines) is 1. The lowest BCUT2D eigenvalue weighted by Gasteiger charge is -2.24. The van der Waals surface area contributed by atoms with Crippen molar-refractivity contribution in [1.82, 2.24) is 4.90 Å². The highest BCUT2D eigenvalue weighted by Crippen LogP contribution is 2.39. The minimum Gasteiger partial charge on any atom is -0.507 e. The van der Waals surface area contributed by atoms with Crippen LogP contribution in [-0.4, -0.2) is 28.2 Å². The van der Waals surface area contributed by atoms with Crippen molar-refractivity contribution in [3.8, 4) is 0 Å². The third-order valence-corrected chi connectivity index (χ3v) is 4.31. The third-order valence-electron chi connectivity index (χ3n) is 4.31. The molecule has 0 bridgehead atoms. The van der Waals surface area contributed by atoms with Gasteiger partial charge in [0.2, 0.25) is 0 Å². The molecule has 25 heavy (non-hydrogen) atoms. The van der Waals surface area contributed by atoms with E-state index < -0.39 is 17.7 Å². The van der Waals surface area contributed by atoms with Crippen LogP contribution in [0, 0.1) is 6.92 Å². The lowest BCUT2D eigenvalue weighted by molar-refractivity contribution is -0.139. The second-order valence-electron chi connectivity index (χ2n) is 6.02. The number of Topliss-reactive ketones (excluding diaryl/α,β-unsaturated/α-hetero) is 1. The molecule has 4 heteroatoms. The van der Waals surface area contributed by atoms with Gasteiger partial charge in [-0.2, -0.15) is 0 Å². The van der Waals surface area contributed by atoms with Gasteiger partial charge in [0.1, 0.15) is 5.76 Å². The number of amides is 1. The van der Waals surface area contributed by atoms with Crippen LogP contribution in [0.1, 0.15) is 22.7 Å². The van der Waals surface area contributed by atoms with Crippen LogP contribution >= 0.6 is 0 Å². The Bertz CT molecular complexity index is 850. The van der Waals surface area contributed by atoms with Crippen LogP contribution in [0.3, 0.4) is 0 Å². The number of hydrogen-bond donors (Lipinski definition) is 1. The molecule has 2 aromatic rings. The van der Waals surface area contributed by atoms with Crippen LogP contribution in [0.15, 0.2) is 72.8 Å². The van der Waals surface area contributed by atoms with E-state index in [1.165, 1.54) is 4.90 Å². The summed E-state index contributed by atoms with van der Waals surface area (Å²) in [6, 6.07) is 15.8. The first-order valence-electron chi connectivity index (χ1n) is 8.06. The summed E-state index contributed by atoms with van der Waals surface area (Å²) in [5.74, 6) is -1.45. The molecule has 0 aromatic heterocycles. The number of aliphatic hydroxyl groups is 1. The Morgan fingerprint density at radius 3 is 2.36 bits per heavy atom. The molecule has 0 radical (unpaired) electrons. The van der Waals surface area contributed by atoms with Crippen molar-refractivity contribution in [1.29, 1.82) is 0 Å². The molecule has 1 saturated heterocycles. The molecule has 1 fully saturated rings. The van der Waals surface area contributed by atoms with Crippen molar-refractivity contribution in [3.05, 3.63) is 89.5 Å². The van der Waals surface area contributed by atoms with E-state index in [1.54, 1.807) is 30.3 Å². The van der Waals surface area contributed by atoms with Crippen LogP contribution in [0.4, 0.5) is 0 Å². The molecule has 0 aliphatic carbocycles. The smallest absolute Gasteiger partial charge is 0.295 e. The van der Waals surface area contributed by atoms with Gasteiger partial charge in [0.25, 0.3) is 11.7 Å². The highest BCUT2D eigenvalue weighted by molar-refractivity contribution is 6.46. The molecule has 1 heterocycles. The summed E-state index contributed by atoms with van der Waals surface area (Å²) in [4.78, 5) is 26.5. The summed E-state index contributed by atoms with van der Waals surface area (Å²) in [5, 5.41) is 10.7. The molecule has 1 aliphatic heterocycles. The van der Waals surface area contributed by atoms with Crippen LogP contribution in [0.5, 0.6) is 0 Å². The summed E-state index contributed by atoms with van der Waals surface area (Å²) < 4.78 is 0. The Hall–Kier alpha value is -3.14. The number of rotatable bonds is 4. The topological polar surface area (TPSA) is 57.6 Å². The Balaban J connectivity index is 2.19. The molecule has 1 atom stereocenters. The zero-order valence-electron chi connectivity index (χ0n) is 14.0. The number of aliphatic hydroxyl groups excluding tert-OH is 1. The molecular formula is C21H19NO3. The van der Waals surface area contributed by atoms with Crippen LogP contribution < -0.4 is 0 Å². The maximum Gasteiger partial charge on any atom is 0.295 e. The van der Waals surface area contributed by atoms with Gasteiger partial charge in [0.05, 0.1) is 11.6 Å². The fraction of sp³-hybridized carbons (Fsp3) is 0.143. The van der Waals surface area contributed by atoms with Gasteiger partial charge in [0.15, 0.2) is 0 Å². The van der Waals surface area contributed by atoms with Gasteiger partial charge >= 0.3 is 0 Å². The van der Waals surface area contributed by atoms with Crippen LogP contribution in [0.2, 0.25) is 0 Å². The number of benzene rings is 2. The first-order valence-corrected chi connectivity index (χ1v) is 8.06. The van der Waals surface area contributed by atoms with E-state index in [0.717, 1.165) is 11.1 Å². The average molecular weight is 333 g/mol. The summed E-state index contributed by atoms with van der Waals surface area (Å²) >= 11 is 0. The Morgan fingerprint density at radius 2 is 1.76 bits per heavy atom. The first-order chi connectivity index (χ1) is 12.0. The lowest BCUT2D eigenvalue weighted by atomic mass is 9.95. The fourth-order valence-electron chi connectivity index (χ4n) is 3.05. The molecule has 1 unspecified atom stereocenters.